The molecule has 7 nitrogen and oxygen atoms in total. The van der Waals surface area contributed by atoms with Crippen molar-refractivity contribution in [2.24, 2.45) is 5.41 Å². The van der Waals surface area contributed by atoms with Gasteiger partial charge in [0.1, 0.15) is 5.82 Å². The van der Waals surface area contributed by atoms with Crippen LogP contribution in [0, 0.1) is 11.2 Å². The van der Waals surface area contributed by atoms with Crippen LogP contribution in [-0.4, -0.2) is 52.7 Å². The number of likely N-dealkylation sites (tertiary alicyclic amines) is 2. The third kappa shape index (κ3) is 4.18. The quantitative estimate of drug-likeness (QED) is 0.802. The summed E-state index contributed by atoms with van der Waals surface area (Å²) in [6, 6.07) is 6.37. The van der Waals surface area contributed by atoms with E-state index in [0.717, 1.165) is 69.0 Å². The van der Waals surface area contributed by atoms with E-state index in [2.05, 4.69) is 22.4 Å². The fourth-order valence-corrected chi connectivity index (χ4v) is 5.20. The SMILES string of the molecule is CN1CC2(CCN(C(=O)NCc3ccc(F)cc3)CC2)CC1c1noc(C2CCC2)n1. The zero-order valence-electron chi connectivity index (χ0n) is 18.0. The zero-order valence-corrected chi connectivity index (χ0v) is 18.0. The van der Waals surface area contributed by atoms with Crippen molar-refractivity contribution in [2.45, 2.75) is 57.0 Å². The van der Waals surface area contributed by atoms with Crippen molar-refractivity contribution in [2.75, 3.05) is 26.7 Å². The summed E-state index contributed by atoms with van der Waals surface area (Å²) in [6.45, 7) is 2.90. The summed E-state index contributed by atoms with van der Waals surface area (Å²) in [6.07, 6.45) is 6.54. The van der Waals surface area contributed by atoms with Gasteiger partial charge in [0.05, 0.1) is 6.04 Å². The first-order chi connectivity index (χ1) is 15.0. The summed E-state index contributed by atoms with van der Waals surface area (Å²) in [5, 5.41) is 7.26. The van der Waals surface area contributed by atoms with E-state index in [4.69, 9.17) is 9.51 Å². The van der Waals surface area contributed by atoms with E-state index >= 15 is 0 Å². The van der Waals surface area contributed by atoms with Crippen LogP contribution in [0.2, 0.25) is 0 Å². The number of hydrogen-bond acceptors (Lipinski definition) is 5. The van der Waals surface area contributed by atoms with Crippen LogP contribution in [0.4, 0.5) is 9.18 Å². The van der Waals surface area contributed by atoms with Crippen LogP contribution < -0.4 is 5.32 Å². The van der Waals surface area contributed by atoms with Gasteiger partial charge in [-0.25, -0.2) is 9.18 Å². The lowest BCUT2D eigenvalue weighted by Gasteiger charge is -2.39. The van der Waals surface area contributed by atoms with E-state index in [0.29, 0.717) is 12.5 Å². The Labute approximate surface area is 182 Å². The second-order valence-corrected chi connectivity index (χ2v) is 9.53. The Morgan fingerprint density at radius 1 is 1.26 bits per heavy atom. The molecule has 2 amide bonds. The molecule has 1 saturated carbocycles. The molecule has 1 aromatic heterocycles. The molecule has 3 aliphatic rings. The van der Waals surface area contributed by atoms with Crippen molar-refractivity contribution in [3.63, 3.8) is 0 Å². The van der Waals surface area contributed by atoms with E-state index in [-0.39, 0.29) is 23.3 Å². The van der Waals surface area contributed by atoms with E-state index in [1.54, 1.807) is 12.1 Å². The smallest absolute Gasteiger partial charge is 0.317 e. The molecule has 31 heavy (non-hydrogen) atoms. The number of rotatable bonds is 4. The molecule has 2 aliphatic heterocycles. The van der Waals surface area contributed by atoms with Crippen molar-refractivity contribution >= 4 is 6.03 Å². The summed E-state index contributed by atoms with van der Waals surface area (Å²) in [5.41, 5.74) is 1.09. The Morgan fingerprint density at radius 3 is 2.68 bits per heavy atom. The standard InChI is InChI=1S/C23H30FN5O2/c1-28-15-23(13-19(28)20-26-21(31-27-20)17-3-2-4-17)9-11-29(12-10-23)22(30)25-14-16-5-7-18(24)8-6-16/h5-8,17,19H,2-4,9-15H2,1H3,(H,25,30). The van der Waals surface area contributed by atoms with Crippen molar-refractivity contribution in [3.8, 4) is 0 Å². The van der Waals surface area contributed by atoms with Gasteiger partial charge in [-0.2, -0.15) is 4.98 Å². The van der Waals surface area contributed by atoms with Crippen molar-refractivity contribution in [1.82, 2.24) is 25.3 Å². The molecule has 3 heterocycles. The Hall–Kier alpha value is -2.48. The highest BCUT2D eigenvalue weighted by molar-refractivity contribution is 5.74. The fourth-order valence-electron chi connectivity index (χ4n) is 5.20. The number of carbonyl (C=O) groups is 1. The van der Waals surface area contributed by atoms with Gasteiger partial charge in [-0.3, -0.25) is 4.90 Å². The van der Waals surface area contributed by atoms with Gasteiger partial charge in [0, 0.05) is 32.1 Å². The molecule has 1 spiro atoms. The van der Waals surface area contributed by atoms with Crippen molar-refractivity contribution < 1.29 is 13.7 Å². The first kappa shape index (κ1) is 20.4. The van der Waals surface area contributed by atoms with Crippen LogP contribution in [-0.2, 0) is 6.54 Å². The maximum absolute atomic E-state index is 13.0. The van der Waals surface area contributed by atoms with Crippen molar-refractivity contribution in [3.05, 3.63) is 47.4 Å². The topological polar surface area (TPSA) is 74.5 Å². The van der Waals surface area contributed by atoms with Crippen LogP contribution >= 0.6 is 0 Å². The summed E-state index contributed by atoms with van der Waals surface area (Å²) < 4.78 is 18.6. The molecular weight excluding hydrogens is 397 g/mol. The predicted molar refractivity (Wildman–Crippen MR) is 113 cm³/mol. The van der Waals surface area contributed by atoms with Crippen LogP contribution in [0.15, 0.2) is 28.8 Å². The maximum atomic E-state index is 13.0. The van der Waals surface area contributed by atoms with Crippen LogP contribution in [0.3, 0.4) is 0 Å². The molecule has 1 aromatic carbocycles. The minimum atomic E-state index is -0.267. The Balaban J connectivity index is 1.14. The highest BCUT2D eigenvalue weighted by Gasteiger charge is 2.46. The fraction of sp³-hybridized carbons (Fsp3) is 0.609. The van der Waals surface area contributed by atoms with Gasteiger partial charge in [-0.05, 0) is 62.3 Å². The normalized spacial score (nSPS) is 23.8. The second kappa shape index (κ2) is 8.22. The van der Waals surface area contributed by atoms with Crippen molar-refractivity contribution in [1.29, 1.82) is 0 Å². The number of carbonyl (C=O) groups excluding carboxylic acids is 1. The maximum Gasteiger partial charge on any atom is 0.317 e. The van der Waals surface area contributed by atoms with Crippen LogP contribution in [0.5, 0.6) is 0 Å². The Kier molecular flexibility index (Phi) is 5.42. The molecule has 1 unspecified atom stereocenters. The highest BCUT2D eigenvalue weighted by Crippen LogP contribution is 2.48. The average molecular weight is 428 g/mol. The molecule has 2 aromatic rings. The van der Waals surface area contributed by atoms with Crippen LogP contribution in [0.25, 0.3) is 0 Å². The Bertz CT molecular complexity index is 918. The molecule has 0 radical (unpaired) electrons. The van der Waals surface area contributed by atoms with E-state index in [1.807, 2.05) is 4.90 Å². The summed E-state index contributed by atoms with van der Waals surface area (Å²) in [4.78, 5) is 21.6. The third-order valence-electron chi connectivity index (χ3n) is 7.42. The van der Waals surface area contributed by atoms with Gasteiger partial charge in [0.15, 0.2) is 5.82 Å². The number of benzene rings is 1. The molecule has 2 saturated heterocycles. The van der Waals surface area contributed by atoms with E-state index in [1.165, 1.54) is 18.6 Å². The van der Waals surface area contributed by atoms with Gasteiger partial charge in [-0.1, -0.05) is 23.7 Å². The molecule has 8 heteroatoms. The molecule has 0 bridgehead atoms. The molecule has 5 rings (SSSR count). The predicted octanol–water partition coefficient (Wildman–Crippen LogP) is 3.84. The van der Waals surface area contributed by atoms with E-state index < -0.39 is 0 Å². The largest absolute Gasteiger partial charge is 0.339 e. The summed E-state index contributed by atoms with van der Waals surface area (Å²) in [5.74, 6) is 1.82. The second-order valence-electron chi connectivity index (χ2n) is 9.53. The van der Waals surface area contributed by atoms with Gasteiger partial charge in [0.25, 0.3) is 0 Å². The molecular formula is C23H30FN5O2. The monoisotopic (exact) mass is 427 g/mol. The molecule has 1 atom stereocenters. The molecule has 3 fully saturated rings. The number of hydrogen-bond donors (Lipinski definition) is 1. The number of halogens is 1. The Morgan fingerprint density at radius 2 is 2.00 bits per heavy atom. The number of urea groups is 1. The van der Waals surface area contributed by atoms with E-state index in [9.17, 15) is 9.18 Å². The molecule has 166 valence electrons. The van der Waals surface area contributed by atoms with Gasteiger partial charge < -0.3 is 14.7 Å². The van der Waals surface area contributed by atoms with Gasteiger partial charge in [-0.15, -0.1) is 0 Å². The molecule has 1 N–H and O–H groups in total. The first-order valence-corrected chi connectivity index (χ1v) is 11.3. The number of nitrogens with zero attached hydrogens (tertiary/aromatic N) is 4. The third-order valence-corrected chi connectivity index (χ3v) is 7.42. The number of aromatic nitrogens is 2. The van der Waals surface area contributed by atoms with Crippen LogP contribution in [0.1, 0.15) is 67.8 Å². The highest BCUT2D eigenvalue weighted by atomic mass is 19.1. The van der Waals surface area contributed by atoms with Gasteiger partial charge >= 0.3 is 6.03 Å². The number of nitrogens with one attached hydrogen (secondary N) is 1. The lowest BCUT2D eigenvalue weighted by atomic mass is 9.76. The minimum Gasteiger partial charge on any atom is -0.339 e. The molecule has 1 aliphatic carbocycles. The summed E-state index contributed by atoms with van der Waals surface area (Å²) in [7, 11) is 2.14. The number of piperidine rings is 1. The lowest BCUT2D eigenvalue weighted by Crippen LogP contribution is -2.47. The van der Waals surface area contributed by atoms with Gasteiger partial charge in [0.2, 0.25) is 5.89 Å². The average Bonchev–Trinajstić information content (AvgIpc) is 3.31. The minimum absolute atomic E-state index is 0.0506. The zero-order chi connectivity index (χ0) is 21.4. The number of amides is 2. The lowest BCUT2D eigenvalue weighted by molar-refractivity contribution is 0.122. The summed E-state index contributed by atoms with van der Waals surface area (Å²) >= 11 is 0. The first-order valence-electron chi connectivity index (χ1n) is 11.3.